The van der Waals surface area contributed by atoms with Crippen molar-refractivity contribution in [2.75, 3.05) is 7.05 Å². The lowest BCUT2D eigenvalue weighted by molar-refractivity contribution is 0.478. The molecule has 4 heteroatoms. The molecule has 1 N–H and O–H groups in total. The summed E-state index contributed by atoms with van der Waals surface area (Å²) in [4.78, 5) is 0. The van der Waals surface area contributed by atoms with Gasteiger partial charge in [-0.25, -0.2) is 0 Å². The second-order valence-electron chi connectivity index (χ2n) is 4.08. The molecule has 0 atom stereocenters. The number of aryl methyl sites for hydroxylation is 2. The largest absolute Gasteiger partial charge is 0.454 e. The standard InChI is InChI=1S/C13H17N3O/c1-10-6-11(7-14-2)4-5-13(10)17-12-8-15-16(3)9-12/h4-6,8-9,14H,7H2,1-3H3. The fourth-order valence-electron chi connectivity index (χ4n) is 1.72. The van der Waals surface area contributed by atoms with E-state index in [0.29, 0.717) is 0 Å². The molecule has 1 aromatic carbocycles. The van der Waals surface area contributed by atoms with Gasteiger partial charge in [-0.05, 0) is 31.2 Å². The predicted molar refractivity (Wildman–Crippen MR) is 67.2 cm³/mol. The normalized spacial score (nSPS) is 10.5. The average molecular weight is 231 g/mol. The second-order valence-corrected chi connectivity index (χ2v) is 4.08. The lowest BCUT2D eigenvalue weighted by Crippen LogP contribution is -2.05. The number of benzene rings is 1. The first-order valence-electron chi connectivity index (χ1n) is 5.59. The molecule has 0 unspecified atom stereocenters. The van der Waals surface area contributed by atoms with Crippen LogP contribution in [0.2, 0.25) is 0 Å². The van der Waals surface area contributed by atoms with Gasteiger partial charge in [-0.15, -0.1) is 0 Å². The summed E-state index contributed by atoms with van der Waals surface area (Å²) in [5.41, 5.74) is 2.38. The van der Waals surface area contributed by atoms with Gasteiger partial charge < -0.3 is 10.1 Å². The quantitative estimate of drug-likeness (QED) is 0.877. The van der Waals surface area contributed by atoms with Crippen molar-refractivity contribution >= 4 is 0 Å². The Morgan fingerprint density at radius 3 is 2.82 bits per heavy atom. The van der Waals surface area contributed by atoms with Crippen molar-refractivity contribution in [1.29, 1.82) is 0 Å². The topological polar surface area (TPSA) is 39.1 Å². The Morgan fingerprint density at radius 1 is 1.41 bits per heavy atom. The molecule has 0 saturated carbocycles. The molecule has 0 fully saturated rings. The minimum Gasteiger partial charge on any atom is -0.454 e. The summed E-state index contributed by atoms with van der Waals surface area (Å²) in [7, 11) is 3.81. The van der Waals surface area contributed by atoms with E-state index in [1.807, 2.05) is 33.3 Å². The van der Waals surface area contributed by atoms with Crippen molar-refractivity contribution in [3.05, 3.63) is 41.7 Å². The number of hydrogen-bond acceptors (Lipinski definition) is 3. The minimum atomic E-state index is 0.761. The number of nitrogens with one attached hydrogen (secondary N) is 1. The van der Waals surface area contributed by atoms with Crippen LogP contribution in [-0.2, 0) is 13.6 Å². The molecule has 90 valence electrons. The molecule has 1 heterocycles. The summed E-state index contributed by atoms with van der Waals surface area (Å²) < 4.78 is 7.48. The Balaban J connectivity index is 2.16. The monoisotopic (exact) mass is 231 g/mol. The van der Waals surface area contributed by atoms with Gasteiger partial charge in [-0.1, -0.05) is 12.1 Å². The zero-order valence-corrected chi connectivity index (χ0v) is 10.4. The zero-order valence-electron chi connectivity index (χ0n) is 10.4. The van der Waals surface area contributed by atoms with Crippen LogP contribution in [-0.4, -0.2) is 16.8 Å². The van der Waals surface area contributed by atoms with Crippen LogP contribution in [0, 0.1) is 6.92 Å². The highest BCUT2D eigenvalue weighted by Gasteiger charge is 2.04. The lowest BCUT2D eigenvalue weighted by Gasteiger charge is -2.08. The predicted octanol–water partition coefficient (Wildman–Crippen LogP) is 2.24. The van der Waals surface area contributed by atoms with Gasteiger partial charge in [0.15, 0.2) is 5.75 Å². The van der Waals surface area contributed by atoms with Crippen LogP contribution in [0.15, 0.2) is 30.6 Å². The first-order valence-corrected chi connectivity index (χ1v) is 5.59. The fourth-order valence-corrected chi connectivity index (χ4v) is 1.72. The first-order chi connectivity index (χ1) is 8.19. The van der Waals surface area contributed by atoms with E-state index >= 15 is 0 Å². The van der Waals surface area contributed by atoms with E-state index in [-0.39, 0.29) is 0 Å². The van der Waals surface area contributed by atoms with Gasteiger partial charge in [0.25, 0.3) is 0 Å². The Morgan fingerprint density at radius 2 is 2.24 bits per heavy atom. The maximum absolute atomic E-state index is 5.76. The van der Waals surface area contributed by atoms with Crippen LogP contribution in [0.25, 0.3) is 0 Å². The summed E-state index contributed by atoms with van der Waals surface area (Å²) in [6, 6.07) is 6.19. The molecule has 0 aliphatic carbocycles. The average Bonchev–Trinajstić information content (AvgIpc) is 2.69. The summed E-state index contributed by atoms with van der Waals surface area (Å²) in [6.45, 7) is 2.92. The van der Waals surface area contributed by atoms with Crippen molar-refractivity contribution in [1.82, 2.24) is 15.1 Å². The smallest absolute Gasteiger partial charge is 0.165 e. The van der Waals surface area contributed by atoms with Gasteiger partial charge in [-0.2, -0.15) is 5.10 Å². The Bertz CT molecular complexity index is 505. The number of rotatable bonds is 4. The number of hydrogen-bond donors (Lipinski definition) is 1. The number of aromatic nitrogens is 2. The Hall–Kier alpha value is -1.81. The molecule has 17 heavy (non-hydrogen) atoms. The molecule has 2 aromatic rings. The zero-order chi connectivity index (χ0) is 12.3. The summed E-state index contributed by atoms with van der Waals surface area (Å²) in [5.74, 6) is 1.63. The van der Waals surface area contributed by atoms with Gasteiger partial charge in [-0.3, -0.25) is 4.68 Å². The van der Waals surface area contributed by atoms with Gasteiger partial charge >= 0.3 is 0 Å². The minimum absolute atomic E-state index is 0.761. The molecule has 0 aliphatic rings. The van der Waals surface area contributed by atoms with Gasteiger partial charge in [0.05, 0.1) is 12.4 Å². The van der Waals surface area contributed by atoms with Crippen molar-refractivity contribution in [3.63, 3.8) is 0 Å². The van der Waals surface area contributed by atoms with Crippen LogP contribution in [0.3, 0.4) is 0 Å². The second kappa shape index (κ2) is 5.01. The highest BCUT2D eigenvalue weighted by atomic mass is 16.5. The van der Waals surface area contributed by atoms with E-state index in [2.05, 4.69) is 22.5 Å². The van der Waals surface area contributed by atoms with Crippen molar-refractivity contribution in [2.45, 2.75) is 13.5 Å². The highest BCUT2D eigenvalue weighted by Crippen LogP contribution is 2.25. The molecule has 2 rings (SSSR count). The molecule has 0 spiro atoms. The van der Waals surface area contributed by atoms with Crippen molar-refractivity contribution in [3.8, 4) is 11.5 Å². The van der Waals surface area contributed by atoms with E-state index in [1.165, 1.54) is 5.56 Å². The van der Waals surface area contributed by atoms with Gasteiger partial charge in [0.1, 0.15) is 5.75 Å². The molecule has 1 aromatic heterocycles. The van der Waals surface area contributed by atoms with Crippen LogP contribution in [0.4, 0.5) is 0 Å². The molecule has 0 bridgehead atoms. The third-order valence-electron chi connectivity index (χ3n) is 2.53. The van der Waals surface area contributed by atoms with Crippen molar-refractivity contribution < 1.29 is 4.74 Å². The maximum Gasteiger partial charge on any atom is 0.165 e. The van der Waals surface area contributed by atoms with E-state index in [9.17, 15) is 0 Å². The van der Waals surface area contributed by atoms with Gasteiger partial charge in [0.2, 0.25) is 0 Å². The molecular formula is C13H17N3O. The Kier molecular flexibility index (Phi) is 3.44. The summed E-state index contributed by atoms with van der Waals surface area (Å²) in [6.07, 6.45) is 3.56. The summed E-state index contributed by atoms with van der Waals surface area (Å²) >= 11 is 0. The van der Waals surface area contributed by atoms with E-state index in [4.69, 9.17) is 4.74 Å². The molecule has 0 aliphatic heterocycles. The van der Waals surface area contributed by atoms with Crippen LogP contribution in [0.1, 0.15) is 11.1 Å². The molecule has 0 saturated heterocycles. The molecular weight excluding hydrogens is 214 g/mol. The van der Waals surface area contributed by atoms with E-state index in [1.54, 1.807) is 10.9 Å². The third kappa shape index (κ3) is 2.85. The highest BCUT2D eigenvalue weighted by molar-refractivity contribution is 5.38. The first kappa shape index (κ1) is 11.7. The number of ether oxygens (including phenoxy) is 1. The van der Waals surface area contributed by atoms with Crippen LogP contribution in [0.5, 0.6) is 11.5 Å². The van der Waals surface area contributed by atoms with Crippen LogP contribution < -0.4 is 10.1 Å². The summed E-state index contributed by atoms with van der Waals surface area (Å²) in [5, 5.41) is 7.20. The SMILES string of the molecule is CNCc1ccc(Oc2cnn(C)c2)c(C)c1. The van der Waals surface area contributed by atoms with E-state index in [0.717, 1.165) is 23.6 Å². The van der Waals surface area contributed by atoms with E-state index < -0.39 is 0 Å². The molecule has 4 nitrogen and oxygen atoms in total. The molecule has 0 amide bonds. The molecule has 0 radical (unpaired) electrons. The third-order valence-corrected chi connectivity index (χ3v) is 2.53. The fraction of sp³-hybridized carbons (Fsp3) is 0.308. The van der Waals surface area contributed by atoms with Crippen LogP contribution >= 0.6 is 0 Å². The van der Waals surface area contributed by atoms with Crippen molar-refractivity contribution in [2.24, 2.45) is 7.05 Å². The van der Waals surface area contributed by atoms with Gasteiger partial charge in [0, 0.05) is 13.6 Å². The lowest BCUT2D eigenvalue weighted by atomic mass is 10.1. The Labute approximate surface area is 101 Å². The number of nitrogens with zero attached hydrogens (tertiary/aromatic N) is 2. The maximum atomic E-state index is 5.76.